The van der Waals surface area contributed by atoms with Gasteiger partial charge in [0.1, 0.15) is 0 Å². The van der Waals surface area contributed by atoms with E-state index in [0.29, 0.717) is 37.4 Å². The zero-order chi connectivity index (χ0) is 40.0. The molecule has 0 saturated heterocycles. The summed E-state index contributed by atoms with van der Waals surface area (Å²) >= 11 is 0. The van der Waals surface area contributed by atoms with Crippen molar-refractivity contribution in [3.05, 3.63) is 168 Å². The predicted octanol–water partition coefficient (Wildman–Crippen LogP) is 5.99. The Kier molecular flexibility index (Phi) is 14.3. The van der Waals surface area contributed by atoms with Gasteiger partial charge in [0.25, 0.3) is 31.9 Å². The third-order valence-electron chi connectivity index (χ3n) is 8.47. The number of hydrogen-bond donors (Lipinski definition) is 6. The number of sulfonamides is 2. The van der Waals surface area contributed by atoms with Crippen molar-refractivity contribution in [2.75, 3.05) is 22.5 Å². The number of benzene rings is 6. The first-order chi connectivity index (χ1) is 27.0. The molecule has 0 saturated carbocycles. The fourth-order valence-corrected chi connectivity index (χ4v) is 7.75. The van der Waals surface area contributed by atoms with Crippen molar-refractivity contribution >= 4 is 54.0 Å². The van der Waals surface area contributed by atoms with Crippen LogP contribution in [0.4, 0.5) is 11.4 Å². The Hall–Kier alpha value is -6.06. The molecule has 0 fully saturated rings. The number of amides is 2. The number of nitrogens with one attached hydrogen (secondary N) is 4. The molecule has 6 aromatic carbocycles. The van der Waals surface area contributed by atoms with Crippen LogP contribution in [0.3, 0.4) is 0 Å². The lowest BCUT2D eigenvalue weighted by molar-refractivity contribution is 0.0944. The van der Waals surface area contributed by atoms with Crippen molar-refractivity contribution in [2.24, 2.45) is 11.5 Å². The number of para-hydroxylation sites is 1. The number of hydrogen-bond acceptors (Lipinski definition) is 8. The molecule has 6 rings (SSSR count). The van der Waals surface area contributed by atoms with E-state index in [2.05, 4.69) is 20.1 Å². The maximum absolute atomic E-state index is 12.9. The minimum Gasteiger partial charge on any atom is -0.352 e. The molecule has 12 nitrogen and oxygen atoms in total. The maximum Gasteiger partial charge on any atom is 0.261 e. The van der Waals surface area contributed by atoms with Gasteiger partial charge in [0.05, 0.1) is 21.0 Å². The Bertz CT molecular complexity index is 2500. The quantitative estimate of drug-likeness (QED) is 0.0681. The first-order valence-corrected chi connectivity index (χ1v) is 20.8. The molecule has 8 N–H and O–H groups in total. The van der Waals surface area contributed by atoms with E-state index >= 15 is 0 Å². The fourth-order valence-electron chi connectivity index (χ4n) is 5.56. The number of carbonyl (C=O) groups excluding carboxylic acids is 2. The summed E-state index contributed by atoms with van der Waals surface area (Å²) in [5.41, 5.74) is 14.2. The third-order valence-corrected chi connectivity index (χ3v) is 11.2. The van der Waals surface area contributed by atoms with Crippen molar-refractivity contribution < 1.29 is 26.4 Å². The predicted molar refractivity (Wildman–Crippen MR) is 221 cm³/mol. The fraction of sp³-hybridized carbons (Fsp3) is 0.143. The van der Waals surface area contributed by atoms with Gasteiger partial charge in [-0.3, -0.25) is 19.0 Å². The van der Waals surface area contributed by atoms with E-state index in [1.807, 2.05) is 48.5 Å². The van der Waals surface area contributed by atoms with E-state index in [9.17, 15) is 26.4 Å². The smallest absolute Gasteiger partial charge is 0.261 e. The Labute approximate surface area is 327 Å². The summed E-state index contributed by atoms with van der Waals surface area (Å²) in [6, 6.07) is 41.1. The third kappa shape index (κ3) is 11.5. The highest BCUT2D eigenvalue weighted by Crippen LogP contribution is 2.23. The van der Waals surface area contributed by atoms with Gasteiger partial charge in [-0.1, -0.05) is 91.0 Å². The minimum atomic E-state index is -3.80. The molecule has 0 aliphatic rings. The molecule has 0 atom stereocenters. The highest BCUT2D eigenvalue weighted by molar-refractivity contribution is 7.93. The van der Waals surface area contributed by atoms with Crippen LogP contribution in [0, 0.1) is 0 Å². The first-order valence-electron chi connectivity index (χ1n) is 17.8. The van der Waals surface area contributed by atoms with Crippen LogP contribution >= 0.6 is 0 Å². The minimum absolute atomic E-state index is 0.142. The maximum atomic E-state index is 12.9. The van der Waals surface area contributed by atoms with Crippen LogP contribution in [-0.2, 0) is 33.1 Å². The average molecular weight is 793 g/mol. The highest BCUT2D eigenvalue weighted by Gasteiger charge is 2.19. The van der Waals surface area contributed by atoms with Crippen molar-refractivity contribution in [3.8, 4) is 0 Å². The van der Waals surface area contributed by atoms with Gasteiger partial charge in [-0.2, -0.15) is 0 Å². The molecule has 0 unspecified atom stereocenters. The second-order valence-corrected chi connectivity index (χ2v) is 16.0. The largest absolute Gasteiger partial charge is 0.352 e. The summed E-state index contributed by atoms with van der Waals surface area (Å²) in [7, 11) is -7.55. The van der Waals surface area contributed by atoms with Crippen LogP contribution in [0.5, 0.6) is 0 Å². The molecular formula is C42H44N6O6S2. The van der Waals surface area contributed by atoms with E-state index in [1.165, 1.54) is 18.2 Å². The lowest BCUT2D eigenvalue weighted by atomic mass is 10.1. The van der Waals surface area contributed by atoms with Gasteiger partial charge in [0, 0.05) is 30.9 Å². The summed E-state index contributed by atoms with van der Waals surface area (Å²) < 4.78 is 55.6. The molecule has 290 valence electrons. The standard InChI is InChI=1S/C25H23N3O3S.C17H21N3O3S/c26-16-18-5-3-6-19(13-18)17-27-25(29)22-9-4-10-23(14-22)28-32(30,31)24-12-11-20-7-1-2-8-21(20)15-24;18-12-6-7-13-19-17(21)15-10-4-5-11-16(15)20-24(22,23)14-8-2-1-3-9-14/h1-15,28H,16-17,26H2,(H,27,29);1-5,8-11,20H,6-7,12-13,18H2,(H,19,21). The average Bonchev–Trinajstić information content (AvgIpc) is 3.22. The summed E-state index contributed by atoms with van der Waals surface area (Å²) in [5.74, 6) is -0.617. The normalized spacial score (nSPS) is 11.2. The van der Waals surface area contributed by atoms with Crippen molar-refractivity contribution in [3.63, 3.8) is 0 Å². The SMILES string of the molecule is NCCCCNC(=O)c1ccccc1NS(=O)(=O)c1ccccc1.NCc1cccc(CNC(=O)c2cccc(NS(=O)(=O)c3ccc4ccccc4c3)c2)c1. The number of fused-ring (bicyclic) bond motifs is 1. The molecular weight excluding hydrogens is 749 g/mol. The molecule has 0 aromatic heterocycles. The van der Waals surface area contributed by atoms with Crippen LogP contribution in [0.1, 0.15) is 44.7 Å². The van der Waals surface area contributed by atoms with Gasteiger partial charge in [-0.25, -0.2) is 16.8 Å². The molecule has 6 aromatic rings. The van der Waals surface area contributed by atoms with Crippen LogP contribution in [0.25, 0.3) is 10.8 Å². The number of unbranched alkanes of at least 4 members (excludes halogenated alkanes) is 1. The highest BCUT2D eigenvalue weighted by atomic mass is 32.2. The van der Waals surface area contributed by atoms with E-state index < -0.39 is 20.0 Å². The zero-order valence-electron chi connectivity index (χ0n) is 30.5. The van der Waals surface area contributed by atoms with Crippen LogP contribution in [0.2, 0.25) is 0 Å². The lowest BCUT2D eigenvalue weighted by Crippen LogP contribution is -2.26. The van der Waals surface area contributed by atoms with Crippen molar-refractivity contribution in [1.82, 2.24) is 10.6 Å². The van der Waals surface area contributed by atoms with E-state index in [1.54, 1.807) is 78.9 Å². The summed E-state index contributed by atoms with van der Waals surface area (Å²) in [6.07, 6.45) is 1.60. The molecule has 0 spiro atoms. The van der Waals surface area contributed by atoms with Gasteiger partial charge in [0.2, 0.25) is 0 Å². The van der Waals surface area contributed by atoms with Crippen LogP contribution < -0.4 is 31.5 Å². The second-order valence-electron chi connectivity index (χ2n) is 12.6. The van der Waals surface area contributed by atoms with Crippen molar-refractivity contribution in [1.29, 1.82) is 0 Å². The second kappa shape index (κ2) is 19.5. The van der Waals surface area contributed by atoms with Crippen molar-refractivity contribution in [2.45, 2.75) is 35.7 Å². The number of carbonyl (C=O) groups is 2. The summed E-state index contributed by atoms with van der Waals surface area (Å²) in [5, 5.41) is 7.42. The van der Waals surface area contributed by atoms with Crippen LogP contribution in [0.15, 0.2) is 155 Å². The Morgan fingerprint density at radius 2 is 1.21 bits per heavy atom. The number of anilines is 2. The Balaban J connectivity index is 0.000000224. The van der Waals surface area contributed by atoms with Gasteiger partial charge >= 0.3 is 0 Å². The zero-order valence-corrected chi connectivity index (χ0v) is 32.2. The summed E-state index contributed by atoms with van der Waals surface area (Å²) in [6.45, 7) is 1.85. The van der Waals surface area contributed by atoms with Gasteiger partial charge in [0.15, 0.2) is 0 Å². The first kappa shape index (κ1) is 41.1. The number of nitrogens with two attached hydrogens (primary N) is 2. The van der Waals surface area contributed by atoms with E-state index in [0.717, 1.165) is 34.7 Å². The van der Waals surface area contributed by atoms with E-state index in [-0.39, 0.29) is 32.9 Å². The van der Waals surface area contributed by atoms with Gasteiger partial charge in [-0.05, 0) is 95.9 Å². The molecule has 0 bridgehead atoms. The monoisotopic (exact) mass is 792 g/mol. The molecule has 0 aliphatic carbocycles. The Morgan fingerprint density at radius 1 is 0.536 bits per heavy atom. The topological polar surface area (TPSA) is 203 Å². The molecule has 2 amide bonds. The molecule has 0 radical (unpaired) electrons. The van der Waals surface area contributed by atoms with Gasteiger partial charge in [-0.15, -0.1) is 0 Å². The van der Waals surface area contributed by atoms with Gasteiger partial charge < -0.3 is 22.1 Å². The summed E-state index contributed by atoms with van der Waals surface area (Å²) in [4.78, 5) is 25.2. The molecule has 56 heavy (non-hydrogen) atoms. The number of rotatable bonds is 15. The molecule has 14 heteroatoms. The Morgan fingerprint density at radius 3 is 1.98 bits per heavy atom. The molecule has 0 heterocycles. The van der Waals surface area contributed by atoms with E-state index in [4.69, 9.17) is 11.5 Å². The van der Waals surface area contributed by atoms with Crippen LogP contribution in [-0.4, -0.2) is 41.7 Å². The molecule has 0 aliphatic heterocycles. The lowest BCUT2D eigenvalue weighted by Gasteiger charge is -2.12.